The van der Waals surface area contributed by atoms with Crippen LogP contribution in [0.5, 0.6) is 0 Å². The smallest absolute Gasteiger partial charge is 0.123 e. The fraction of sp³-hybridized carbons (Fsp3) is 0.800. The zero-order chi connectivity index (χ0) is 6.15. The summed E-state index contributed by atoms with van der Waals surface area (Å²) in [6, 6.07) is 0. The first-order valence-electron chi connectivity index (χ1n) is 2.73. The van der Waals surface area contributed by atoms with Gasteiger partial charge >= 0.3 is 0 Å². The lowest BCUT2D eigenvalue weighted by molar-refractivity contribution is 0.00903. The van der Waals surface area contributed by atoms with Gasteiger partial charge in [0.1, 0.15) is 5.84 Å². The van der Waals surface area contributed by atoms with E-state index >= 15 is 0 Å². The van der Waals surface area contributed by atoms with Crippen LogP contribution >= 0.6 is 0 Å². The van der Waals surface area contributed by atoms with E-state index in [1.807, 2.05) is 0 Å². The Hall–Kier alpha value is -0.570. The summed E-state index contributed by atoms with van der Waals surface area (Å²) in [4.78, 5) is 0. The summed E-state index contributed by atoms with van der Waals surface area (Å²) in [5.41, 5.74) is 0. The van der Waals surface area contributed by atoms with E-state index in [0.717, 1.165) is 17.9 Å². The molecule has 1 aliphatic carbocycles. The second-order valence-electron chi connectivity index (χ2n) is 2.18. The van der Waals surface area contributed by atoms with E-state index in [1.165, 1.54) is 7.05 Å². The molecule has 1 aliphatic rings. The number of amidine groups is 1. The van der Waals surface area contributed by atoms with Crippen molar-refractivity contribution in [3.8, 4) is 0 Å². The van der Waals surface area contributed by atoms with Crippen molar-refractivity contribution in [1.29, 1.82) is 5.41 Å². The minimum Gasteiger partial charge on any atom is -0.288 e. The minimum atomic E-state index is 0.352. The molecule has 46 valence electrons. The normalized spacial score (nSPS) is 18.2. The van der Waals surface area contributed by atoms with Gasteiger partial charge in [-0.2, -0.15) is 0 Å². The predicted octanol–water partition coefficient (Wildman–Crippen LogP) is 0.695. The van der Waals surface area contributed by atoms with Crippen LogP contribution in [0.4, 0.5) is 0 Å². The zero-order valence-corrected chi connectivity index (χ0v) is 4.89. The highest BCUT2D eigenvalue weighted by molar-refractivity contribution is 5.82. The minimum absolute atomic E-state index is 0.352. The van der Waals surface area contributed by atoms with Gasteiger partial charge in [-0.15, -0.1) is 0 Å². The fourth-order valence-corrected chi connectivity index (χ4v) is 0.621. The van der Waals surface area contributed by atoms with Crippen molar-refractivity contribution in [2.75, 3.05) is 7.05 Å². The van der Waals surface area contributed by atoms with Gasteiger partial charge in [0.15, 0.2) is 0 Å². The first kappa shape index (κ1) is 5.56. The molecule has 1 saturated carbocycles. The van der Waals surface area contributed by atoms with Crippen molar-refractivity contribution in [3.63, 3.8) is 0 Å². The summed E-state index contributed by atoms with van der Waals surface area (Å²) in [6.07, 6.45) is 2.15. The summed E-state index contributed by atoms with van der Waals surface area (Å²) in [7, 11) is 1.49. The van der Waals surface area contributed by atoms with Gasteiger partial charge in [-0.05, 0) is 12.8 Å². The molecule has 1 fully saturated rings. The van der Waals surface area contributed by atoms with E-state index in [-0.39, 0.29) is 0 Å². The first-order valence-corrected chi connectivity index (χ1v) is 2.73. The van der Waals surface area contributed by atoms with Gasteiger partial charge in [-0.1, -0.05) is 0 Å². The van der Waals surface area contributed by atoms with E-state index in [1.54, 1.807) is 0 Å². The Balaban J connectivity index is 2.33. The van der Waals surface area contributed by atoms with Gasteiger partial charge in [-0.3, -0.25) is 10.6 Å². The van der Waals surface area contributed by atoms with Gasteiger partial charge in [0.25, 0.3) is 0 Å². The van der Waals surface area contributed by atoms with Crippen LogP contribution in [-0.2, 0) is 0 Å². The molecule has 0 bridgehead atoms. The number of nitrogens with one attached hydrogen (secondary N) is 1. The summed E-state index contributed by atoms with van der Waals surface area (Å²) in [6.45, 7) is 0. The average molecular weight is 114 g/mol. The maximum Gasteiger partial charge on any atom is 0.123 e. The first-order chi connectivity index (χ1) is 3.72. The summed E-state index contributed by atoms with van der Waals surface area (Å²) in [5.74, 6) is 0.704. The van der Waals surface area contributed by atoms with Crippen molar-refractivity contribution in [2.45, 2.75) is 12.8 Å². The van der Waals surface area contributed by atoms with Gasteiger partial charge in [0, 0.05) is 13.0 Å². The molecule has 0 atom stereocenters. The summed E-state index contributed by atoms with van der Waals surface area (Å²) in [5, 5.41) is 16.7. The highest BCUT2D eigenvalue weighted by atomic mass is 16.5. The highest BCUT2D eigenvalue weighted by Crippen LogP contribution is 2.30. The van der Waals surface area contributed by atoms with E-state index in [4.69, 9.17) is 10.6 Å². The summed E-state index contributed by atoms with van der Waals surface area (Å²) < 4.78 is 0. The number of rotatable bonds is 1. The molecule has 0 unspecified atom stereocenters. The second-order valence-corrected chi connectivity index (χ2v) is 2.18. The standard InChI is InChI=1S/C5H10N2O/c1-7(8)5(6)4-2-3-4/h4,6,8H,2-3H2,1H3. The van der Waals surface area contributed by atoms with Crippen LogP contribution in [0.15, 0.2) is 0 Å². The topological polar surface area (TPSA) is 47.3 Å². The third-order valence-corrected chi connectivity index (χ3v) is 1.31. The van der Waals surface area contributed by atoms with Crippen LogP contribution in [0, 0.1) is 11.3 Å². The molecule has 0 radical (unpaired) electrons. The molecule has 0 aromatic carbocycles. The lowest BCUT2D eigenvalue weighted by Crippen LogP contribution is -2.22. The van der Waals surface area contributed by atoms with Crippen molar-refractivity contribution in [1.82, 2.24) is 5.06 Å². The van der Waals surface area contributed by atoms with Crippen LogP contribution in [-0.4, -0.2) is 23.2 Å². The quantitative estimate of drug-likeness (QED) is 0.299. The van der Waals surface area contributed by atoms with E-state index in [9.17, 15) is 0 Å². The Morgan fingerprint density at radius 2 is 2.25 bits per heavy atom. The van der Waals surface area contributed by atoms with Crippen LogP contribution in [0.2, 0.25) is 0 Å². The van der Waals surface area contributed by atoms with E-state index in [0.29, 0.717) is 11.8 Å². The van der Waals surface area contributed by atoms with Crippen molar-refractivity contribution in [3.05, 3.63) is 0 Å². The lowest BCUT2D eigenvalue weighted by atomic mass is 10.4. The third-order valence-electron chi connectivity index (χ3n) is 1.31. The van der Waals surface area contributed by atoms with Crippen LogP contribution < -0.4 is 0 Å². The molecule has 0 spiro atoms. The molecule has 0 saturated heterocycles. The Morgan fingerprint density at radius 3 is 2.38 bits per heavy atom. The van der Waals surface area contributed by atoms with Gasteiger partial charge in [-0.25, -0.2) is 5.06 Å². The molecule has 0 amide bonds. The number of hydrogen-bond acceptors (Lipinski definition) is 2. The number of hydrogen-bond donors (Lipinski definition) is 2. The molecule has 0 heterocycles. The molecule has 0 aromatic heterocycles. The predicted molar refractivity (Wildman–Crippen MR) is 30.0 cm³/mol. The monoisotopic (exact) mass is 114 g/mol. The number of hydroxylamine groups is 2. The number of nitrogens with zero attached hydrogens (tertiary/aromatic N) is 1. The fourth-order valence-electron chi connectivity index (χ4n) is 0.621. The Labute approximate surface area is 48.4 Å². The Kier molecular flexibility index (Phi) is 1.21. The zero-order valence-electron chi connectivity index (χ0n) is 4.89. The van der Waals surface area contributed by atoms with Crippen LogP contribution in [0.3, 0.4) is 0 Å². The van der Waals surface area contributed by atoms with E-state index in [2.05, 4.69) is 0 Å². The van der Waals surface area contributed by atoms with Crippen LogP contribution in [0.25, 0.3) is 0 Å². The second kappa shape index (κ2) is 1.74. The molecule has 8 heavy (non-hydrogen) atoms. The van der Waals surface area contributed by atoms with Crippen LogP contribution in [0.1, 0.15) is 12.8 Å². The Morgan fingerprint density at radius 1 is 1.75 bits per heavy atom. The molecule has 3 heteroatoms. The lowest BCUT2D eigenvalue weighted by Gasteiger charge is -2.08. The van der Waals surface area contributed by atoms with E-state index < -0.39 is 0 Å². The molecule has 1 rings (SSSR count). The molecule has 0 aliphatic heterocycles. The maximum atomic E-state index is 8.64. The Bertz CT molecular complexity index is 103. The SMILES string of the molecule is CN(O)C(=N)C1CC1. The third kappa shape index (κ3) is 0.980. The summed E-state index contributed by atoms with van der Waals surface area (Å²) >= 11 is 0. The maximum absolute atomic E-state index is 8.64. The largest absolute Gasteiger partial charge is 0.288 e. The highest BCUT2D eigenvalue weighted by Gasteiger charge is 2.28. The van der Waals surface area contributed by atoms with Crippen molar-refractivity contribution >= 4 is 5.84 Å². The molecular weight excluding hydrogens is 104 g/mol. The van der Waals surface area contributed by atoms with Crippen molar-refractivity contribution < 1.29 is 5.21 Å². The molecule has 3 nitrogen and oxygen atoms in total. The van der Waals surface area contributed by atoms with Gasteiger partial charge in [0.05, 0.1) is 0 Å². The molecule has 2 N–H and O–H groups in total. The van der Waals surface area contributed by atoms with Crippen molar-refractivity contribution in [2.24, 2.45) is 5.92 Å². The van der Waals surface area contributed by atoms with Gasteiger partial charge in [0.2, 0.25) is 0 Å². The van der Waals surface area contributed by atoms with Gasteiger partial charge < -0.3 is 0 Å². The average Bonchev–Trinajstić information content (AvgIpc) is 2.43. The molecule has 0 aromatic rings. The molecular formula is C5H10N2O.